The van der Waals surface area contributed by atoms with E-state index in [-0.39, 0.29) is 11.9 Å². The van der Waals surface area contributed by atoms with Gasteiger partial charge in [-0.05, 0) is 73.4 Å². The van der Waals surface area contributed by atoms with Crippen molar-refractivity contribution in [1.29, 1.82) is 0 Å². The molecule has 1 atom stereocenters. The number of ether oxygens (including phenoxy) is 1. The summed E-state index contributed by atoms with van der Waals surface area (Å²) >= 11 is 0. The number of aryl methyl sites for hydroxylation is 1. The Labute approximate surface area is 253 Å². The lowest BCUT2D eigenvalue weighted by Gasteiger charge is -2.30. The highest BCUT2D eigenvalue weighted by Gasteiger charge is 2.21. The van der Waals surface area contributed by atoms with Crippen LogP contribution in [0.1, 0.15) is 100 Å². The van der Waals surface area contributed by atoms with Gasteiger partial charge in [0.15, 0.2) is 0 Å². The van der Waals surface area contributed by atoms with Crippen molar-refractivity contribution in [2.45, 2.75) is 84.7 Å². The Bertz CT molecular complexity index is 1230. The molecule has 0 bridgehead atoms. The molecule has 0 spiro atoms. The summed E-state index contributed by atoms with van der Waals surface area (Å²) in [5.41, 5.74) is 7.36. The van der Waals surface area contributed by atoms with Gasteiger partial charge in [0.05, 0.1) is 12.0 Å². The number of likely N-dealkylation sites (tertiary alicyclic amines) is 1. The summed E-state index contributed by atoms with van der Waals surface area (Å²) in [4.78, 5) is 15.0. The molecule has 4 heteroatoms. The van der Waals surface area contributed by atoms with Crippen LogP contribution in [-0.4, -0.2) is 35.6 Å². The zero-order valence-corrected chi connectivity index (χ0v) is 25.9. The topological polar surface area (TPSA) is 49.8 Å². The van der Waals surface area contributed by atoms with Crippen molar-refractivity contribution in [3.05, 3.63) is 107 Å². The highest BCUT2D eigenvalue weighted by Crippen LogP contribution is 2.33. The number of aliphatic hydroxyl groups excluding tert-OH is 1. The number of carbonyl (C=O) groups is 1. The second kappa shape index (κ2) is 16.4. The van der Waals surface area contributed by atoms with Crippen LogP contribution in [0.15, 0.2) is 84.4 Å². The molecule has 42 heavy (non-hydrogen) atoms. The Kier molecular flexibility index (Phi) is 12.4. The summed E-state index contributed by atoms with van der Waals surface area (Å²) in [6.07, 6.45) is 8.71. The summed E-state index contributed by atoms with van der Waals surface area (Å²) in [5.74, 6) is 0.0518. The molecule has 3 aromatic carbocycles. The first-order chi connectivity index (χ1) is 20.5. The van der Waals surface area contributed by atoms with Crippen molar-refractivity contribution in [2.24, 2.45) is 5.92 Å². The van der Waals surface area contributed by atoms with Crippen molar-refractivity contribution >= 4 is 11.5 Å². The number of rotatable bonds is 14. The molecule has 0 radical (unpaired) electrons. The molecule has 0 saturated carbocycles. The first-order valence-electron chi connectivity index (χ1n) is 16.0. The molecule has 1 N–H and O–H groups in total. The fraction of sp³-hybridized carbons (Fsp3) is 0.447. The summed E-state index contributed by atoms with van der Waals surface area (Å²) in [6.45, 7) is 8.90. The van der Waals surface area contributed by atoms with E-state index >= 15 is 0 Å². The minimum Gasteiger partial charge on any atom is -0.426 e. The van der Waals surface area contributed by atoms with E-state index in [0.717, 1.165) is 62.9 Å². The third kappa shape index (κ3) is 9.14. The van der Waals surface area contributed by atoms with Crippen LogP contribution >= 0.6 is 0 Å². The van der Waals surface area contributed by atoms with E-state index in [4.69, 9.17) is 4.74 Å². The zero-order chi connectivity index (χ0) is 29.7. The smallest absolute Gasteiger partial charge is 0.313 e. The second-order valence-corrected chi connectivity index (χ2v) is 12.0. The average Bonchev–Trinajstić information content (AvgIpc) is 3.01. The number of benzene rings is 3. The van der Waals surface area contributed by atoms with Gasteiger partial charge in [0.2, 0.25) is 0 Å². The van der Waals surface area contributed by atoms with Crippen LogP contribution in [0.25, 0.3) is 5.57 Å². The average molecular weight is 568 g/mol. The van der Waals surface area contributed by atoms with Crippen LogP contribution in [0.3, 0.4) is 0 Å². The minimum absolute atomic E-state index is 0.217. The normalized spacial score (nSPS) is 14.6. The van der Waals surface area contributed by atoms with Crippen molar-refractivity contribution in [3.8, 4) is 5.75 Å². The van der Waals surface area contributed by atoms with Crippen LogP contribution in [0.2, 0.25) is 0 Å². The van der Waals surface area contributed by atoms with Crippen molar-refractivity contribution in [3.63, 3.8) is 0 Å². The molecule has 1 saturated heterocycles. The number of aliphatic hydroxyl groups is 1. The molecule has 1 fully saturated rings. The van der Waals surface area contributed by atoms with Gasteiger partial charge < -0.3 is 14.7 Å². The van der Waals surface area contributed by atoms with E-state index in [1.54, 1.807) is 0 Å². The molecule has 224 valence electrons. The van der Waals surface area contributed by atoms with Crippen LogP contribution in [-0.2, 0) is 11.2 Å². The Morgan fingerprint density at radius 2 is 1.50 bits per heavy atom. The molecule has 1 unspecified atom stereocenters. The maximum absolute atomic E-state index is 12.5. The Morgan fingerprint density at radius 3 is 2.10 bits per heavy atom. The maximum atomic E-state index is 12.5. The molecule has 3 aromatic rings. The lowest BCUT2D eigenvalue weighted by Crippen LogP contribution is -2.32. The van der Waals surface area contributed by atoms with E-state index in [2.05, 4.69) is 78.6 Å². The highest BCUT2D eigenvalue weighted by atomic mass is 16.5. The molecule has 4 nitrogen and oxygen atoms in total. The quantitative estimate of drug-likeness (QED) is 0.120. The fourth-order valence-corrected chi connectivity index (χ4v) is 5.82. The number of esters is 1. The zero-order valence-electron chi connectivity index (χ0n) is 25.9. The number of carbonyl (C=O) groups excluding carboxylic acids is 1. The Morgan fingerprint density at radius 1 is 0.857 bits per heavy atom. The van der Waals surface area contributed by atoms with Gasteiger partial charge in [-0.25, -0.2) is 0 Å². The number of hydrogen-bond acceptors (Lipinski definition) is 4. The third-order valence-electron chi connectivity index (χ3n) is 8.33. The fourth-order valence-electron chi connectivity index (χ4n) is 5.82. The van der Waals surface area contributed by atoms with Crippen molar-refractivity contribution < 1.29 is 14.6 Å². The lowest BCUT2D eigenvalue weighted by atomic mass is 9.88. The van der Waals surface area contributed by atoms with Gasteiger partial charge in [-0.1, -0.05) is 118 Å². The molecule has 1 aliphatic heterocycles. The maximum Gasteiger partial charge on any atom is 0.313 e. The van der Waals surface area contributed by atoms with Crippen LogP contribution in [0.5, 0.6) is 5.75 Å². The monoisotopic (exact) mass is 567 g/mol. The largest absolute Gasteiger partial charge is 0.426 e. The van der Waals surface area contributed by atoms with Crippen molar-refractivity contribution in [2.75, 3.05) is 19.6 Å². The van der Waals surface area contributed by atoms with E-state index in [0.29, 0.717) is 12.2 Å². The molecule has 1 heterocycles. The highest BCUT2D eigenvalue weighted by molar-refractivity contribution is 5.82. The number of unbranched alkanes of at least 4 members (excludes halogenated alkanes) is 3. The minimum atomic E-state index is -0.655. The molecular weight excluding hydrogens is 518 g/mol. The summed E-state index contributed by atoms with van der Waals surface area (Å²) in [5, 5.41) is 11.2. The number of nitrogens with zero attached hydrogens (tertiary/aromatic N) is 1. The van der Waals surface area contributed by atoms with Crippen LogP contribution in [0.4, 0.5) is 0 Å². The van der Waals surface area contributed by atoms with Gasteiger partial charge in [0, 0.05) is 18.7 Å². The van der Waals surface area contributed by atoms with E-state index in [1.165, 1.54) is 41.5 Å². The first kappa shape index (κ1) is 31.7. The standard InChI is InChI=1S/C38H49NO3/c1-4-5-6-9-15-30-21-22-34(36(28-30)42-38(41)29(2)3)35(40)20-14-25-39-26-23-33(24-27-39)37(31-16-10-7-11-17-31)32-18-12-8-13-19-32/h7-8,10-13,16-19,21-22,28-29,35,40H,4-6,9,14-15,20,23-27H2,1-3H3. The van der Waals surface area contributed by atoms with Gasteiger partial charge in [-0.3, -0.25) is 4.79 Å². The second-order valence-electron chi connectivity index (χ2n) is 12.0. The van der Waals surface area contributed by atoms with Gasteiger partial charge in [0.25, 0.3) is 0 Å². The summed E-state index contributed by atoms with van der Waals surface area (Å²) in [6, 6.07) is 27.5. The van der Waals surface area contributed by atoms with E-state index in [9.17, 15) is 9.90 Å². The molecule has 0 aliphatic carbocycles. The summed E-state index contributed by atoms with van der Waals surface area (Å²) in [7, 11) is 0. The molecular formula is C38H49NO3. The predicted octanol–water partition coefficient (Wildman–Crippen LogP) is 8.78. The Hall–Kier alpha value is -3.21. The van der Waals surface area contributed by atoms with Gasteiger partial charge in [0.1, 0.15) is 5.75 Å². The van der Waals surface area contributed by atoms with E-state index in [1.807, 2.05) is 26.0 Å². The predicted molar refractivity (Wildman–Crippen MR) is 174 cm³/mol. The van der Waals surface area contributed by atoms with E-state index < -0.39 is 6.10 Å². The lowest BCUT2D eigenvalue weighted by molar-refractivity contribution is -0.137. The molecule has 1 aliphatic rings. The third-order valence-corrected chi connectivity index (χ3v) is 8.33. The number of hydrogen-bond donors (Lipinski definition) is 1. The van der Waals surface area contributed by atoms with Gasteiger partial charge in [-0.2, -0.15) is 0 Å². The van der Waals surface area contributed by atoms with Crippen LogP contribution < -0.4 is 4.74 Å². The van der Waals surface area contributed by atoms with Crippen molar-refractivity contribution in [1.82, 2.24) is 4.90 Å². The molecule has 4 rings (SSSR count). The molecule has 0 aromatic heterocycles. The van der Waals surface area contributed by atoms with Gasteiger partial charge >= 0.3 is 5.97 Å². The van der Waals surface area contributed by atoms with Crippen LogP contribution in [0, 0.1) is 5.92 Å². The number of piperidine rings is 1. The first-order valence-corrected chi connectivity index (χ1v) is 16.0. The SMILES string of the molecule is CCCCCCc1ccc(C(O)CCCN2CCC(=C(c3ccccc3)c3ccccc3)CC2)c(OC(=O)C(C)C)c1. The Balaban J connectivity index is 1.35. The molecule has 0 amide bonds. The summed E-state index contributed by atoms with van der Waals surface area (Å²) < 4.78 is 5.79. The van der Waals surface area contributed by atoms with Gasteiger partial charge in [-0.15, -0.1) is 0 Å².